The maximum absolute atomic E-state index is 12.8. The first kappa shape index (κ1) is 25.2. The summed E-state index contributed by atoms with van der Waals surface area (Å²) in [6, 6.07) is 8.56. The SMILES string of the molecule is C=CCN1C(=O)/C(=C/c2cc(Br)c(OCc3ccc(Cl)cc3Cl)c(OCC)c2)C(=O)NC1=S. The van der Waals surface area contributed by atoms with E-state index in [1.54, 1.807) is 30.3 Å². The van der Waals surface area contributed by atoms with E-state index in [9.17, 15) is 9.59 Å². The lowest BCUT2D eigenvalue weighted by molar-refractivity contribution is -0.128. The third kappa shape index (κ3) is 5.95. The van der Waals surface area contributed by atoms with Gasteiger partial charge in [-0.2, -0.15) is 0 Å². The summed E-state index contributed by atoms with van der Waals surface area (Å²) in [6.07, 6.45) is 3.00. The predicted molar refractivity (Wildman–Crippen MR) is 137 cm³/mol. The predicted octanol–water partition coefficient (Wildman–Crippen LogP) is 5.55. The summed E-state index contributed by atoms with van der Waals surface area (Å²) in [7, 11) is 0. The summed E-state index contributed by atoms with van der Waals surface area (Å²) in [5, 5.41) is 3.59. The van der Waals surface area contributed by atoms with Crippen LogP contribution in [0.4, 0.5) is 0 Å². The summed E-state index contributed by atoms with van der Waals surface area (Å²) in [4.78, 5) is 26.5. The Kier molecular flexibility index (Phi) is 8.53. The van der Waals surface area contributed by atoms with Crippen LogP contribution >= 0.6 is 51.3 Å². The van der Waals surface area contributed by atoms with Crippen molar-refractivity contribution in [3.05, 3.63) is 74.2 Å². The number of hydrogen-bond acceptors (Lipinski definition) is 5. The number of hydrogen-bond donors (Lipinski definition) is 1. The lowest BCUT2D eigenvalue weighted by Crippen LogP contribution is -2.53. The molecule has 0 aliphatic carbocycles. The molecule has 10 heteroatoms. The average molecular weight is 570 g/mol. The molecule has 0 aromatic heterocycles. The zero-order valence-electron chi connectivity index (χ0n) is 17.5. The van der Waals surface area contributed by atoms with Gasteiger partial charge >= 0.3 is 0 Å². The van der Waals surface area contributed by atoms with E-state index in [0.717, 1.165) is 5.56 Å². The van der Waals surface area contributed by atoms with Crippen LogP contribution in [0.3, 0.4) is 0 Å². The number of thiocarbonyl (C=S) groups is 1. The summed E-state index contributed by atoms with van der Waals surface area (Å²) >= 11 is 20.8. The van der Waals surface area contributed by atoms with E-state index in [-0.39, 0.29) is 23.8 Å². The molecule has 2 amide bonds. The highest BCUT2D eigenvalue weighted by molar-refractivity contribution is 9.10. The number of amides is 2. The summed E-state index contributed by atoms with van der Waals surface area (Å²) in [5.41, 5.74) is 1.26. The second-order valence-corrected chi connectivity index (χ2v) is 8.89. The third-order valence-electron chi connectivity index (χ3n) is 4.53. The molecule has 0 saturated carbocycles. The molecule has 2 aromatic rings. The van der Waals surface area contributed by atoms with Crippen LogP contribution in [0.2, 0.25) is 10.0 Å². The Bertz CT molecular complexity index is 1170. The van der Waals surface area contributed by atoms with Crippen molar-refractivity contribution in [3.63, 3.8) is 0 Å². The first-order valence-electron chi connectivity index (χ1n) is 9.78. The van der Waals surface area contributed by atoms with Gasteiger partial charge in [0, 0.05) is 22.2 Å². The van der Waals surface area contributed by atoms with Gasteiger partial charge in [-0.05, 0) is 71.0 Å². The Labute approximate surface area is 215 Å². The molecular weight excluding hydrogens is 551 g/mol. The van der Waals surface area contributed by atoms with E-state index in [4.69, 9.17) is 44.9 Å². The van der Waals surface area contributed by atoms with Crippen LogP contribution in [0.1, 0.15) is 18.1 Å². The lowest BCUT2D eigenvalue weighted by Gasteiger charge is -2.27. The maximum Gasteiger partial charge on any atom is 0.265 e. The molecule has 1 heterocycles. The van der Waals surface area contributed by atoms with Crippen molar-refractivity contribution in [1.82, 2.24) is 10.2 Å². The van der Waals surface area contributed by atoms with Crippen LogP contribution in [0.25, 0.3) is 6.08 Å². The fraction of sp³-hybridized carbons (Fsp3) is 0.174. The standard InChI is InChI=1S/C23H19BrCl2N2O4S/c1-3-7-28-22(30)16(21(29)27-23(28)33)8-13-9-17(24)20(19(10-13)31-4-2)32-12-14-5-6-15(25)11-18(14)26/h3,5-6,8-11H,1,4,7,12H2,2H3,(H,27,29,33)/b16-8+. The van der Waals surface area contributed by atoms with Crippen LogP contribution in [-0.2, 0) is 16.2 Å². The Morgan fingerprint density at radius 1 is 1.21 bits per heavy atom. The van der Waals surface area contributed by atoms with Gasteiger partial charge in [-0.1, -0.05) is 35.3 Å². The van der Waals surface area contributed by atoms with Gasteiger partial charge in [0.2, 0.25) is 0 Å². The third-order valence-corrected chi connectivity index (χ3v) is 6.03. The first-order chi connectivity index (χ1) is 15.7. The molecule has 33 heavy (non-hydrogen) atoms. The largest absolute Gasteiger partial charge is 0.490 e. The van der Waals surface area contributed by atoms with E-state index in [2.05, 4.69) is 27.8 Å². The summed E-state index contributed by atoms with van der Waals surface area (Å²) in [6.45, 7) is 6.20. The minimum absolute atomic E-state index is 0.0443. The van der Waals surface area contributed by atoms with E-state index >= 15 is 0 Å². The van der Waals surface area contributed by atoms with Crippen molar-refractivity contribution in [1.29, 1.82) is 0 Å². The van der Waals surface area contributed by atoms with Gasteiger partial charge in [-0.25, -0.2) is 0 Å². The number of nitrogens with zero attached hydrogens (tertiary/aromatic N) is 1. The van der Waals surface area contributed by atoms with Crippen molar-refractivity contribution in [2.45, 2.75) is 13.5 Å². The molecule has 0 spiro atoms. The minimum atomic E-state index is -0.572. The van der Waals surface area contributed by atoms with Gasteiger partial charge in [0.1, 0.15) is 12.2 Å². The quantitative estimate of drug-likeness (QED) is 0.195. The Balaban J connectivity index is 1.93. The molecule has 1 fully saturated rings. The molecule has 0 atom stereocenters. The zero-order valence-corrected chi connectivity index (χ0v) is 21.4. The molecule has 0 unspecified atom stereocenters. The number of nitrogens with one attached hydrogen (secondary N) is 1. The molecule has 0 radical (unpaired) electrons. The van der Waals surface area contributed by atoms with E-state index in [0.29, 0.717) is 38.2 Å². The molecule has 1 aliphatic heterocycles. The molecule has 2 aromatic carbocycles. The van der Waals surface area contributed by atoms with Gasteiger partial charge in [0.15, 0.2) is 16.6 Å². The molecular formula is C23H19BrCl2N2O4S. The van der Waals surface area contributed by atoms with Crippen molar-refractivity contribution in [2.75, 3.05) is 13.2 Å². The number of ether oxygens (including phenoxy) is 2. The van der Waals surface area contributed by atoms with E-state index in [1.807, 2.05) is 6.92 Å². The zero-order chi connectivity index (χ0) is 24.1. The fourth-order valence-electron chi connectivity index (χ4n) is 3.02. The van der Waals surface area contributed by atoms with Gasteiger partial charge < -0.3 is 9.47 Å². The minimum Gasteiger partial charge on any atom is -0.490 e. The highest BCUT2D eigenvalue weighted by Gasteiger charge is 2.32. The number of benzene rings is 2. The topological polar surface area (TPSA) is 67.9 Å². The average Bonchev–Trinajstić information content (AvgIpc) is 2.75. The van der Waals surface area contributed by atoms with Crippen LogP contribution in [0.5, 0.6) is 11.5 Å². The van der Waals surface area contributed by atoms with Crippen molar-refractivity contribution in [2.24, 2.45) is 0 Å². The van der Waals surface area contributed by atoms with Gasteiger partial charge in [-0.15, -0.1) is 6.58 Å². The van der Waals surface area contributed by atoms with Crippen molar-refractivity contribution >= 4 is 74.4 Å². The summed E-state index contributed by atoms with van der Waals surface area (Å²) in [5.74, 6) is -0.183. The van der Waals surface area contributed by atoms with Gasteiger partial charge in [-0.3, -0.25) is 19.8 Å². The van der Waals surface area contributed by atoms with Gasteiger partial charge in [0.25, 0.3) is 11.8 Å². The molecule has 1 N–H and O–H groups in total. The molecule has 172 valence electrons. The van der Waals surface area contributed by atoms with E-state index < -0.39 is 11.8 Å². The van der Waals surface area contributed by atoms with Crippen LogP contribution in [0, 0.1) is 0 Å². The van der Waals surface area contributed by atoms with E-state index in [1.165, 1.54) is 17.1 Å². The first-order valence-corrected chi connectivity index (χ1v) is 11.7. The second-order valence-electron chi connectivity index (χ2n) is 6.81. The van der Waals surface area contributed by atoms with Crippen LogP contribution in [0.15, 0.2) is 53.0 Å². The van der Waals surface area contributed by atoms with Crippen molar-refractivity contribution < 1.29 is 19.1 Å². The fourth-order valence-corrected chi connectivity index (χ4v) is 4.31. The molecule has 6 nitrogen and oxygen atoms in total. The highest BCUT2D eigenvalue weighted by Crippen LogP contribution is 2.38. The maximum atomic E-state index is 12.8. The Morgan fingerprint density at radius 3 is 2.64 bits per heavy atom. The van der Waals surface area contributed by atoms with Crippen LogP contribution < -0.4 is 14.8 Å². The molecule has 3 rings (SSSR count). The number of halogens is 3. The van der Waals surface area contributed by atoms with Crippen LogP contribution in [-0.4, -0.2) is 35.0 Å². The normalized spacial score (nSPS) is 15.0. The lowest BCUT2D eigenvalue weighted by atomic mass is 10.1. The van der Waals surface area contributed by atoms with Gasteiger partial charge in [0.05, 0.1) is 11.1 Å². The smallest absolute Gasteiger partial charge is 0.265 e. The monoisotopic (exact) mass is 568 g/mol. The number of carbonyl (C=O) groups excluding carboxylic acids is 2. The van der Waals surface area contributed by atoms with Crippen molar-refractivity contribution in [3.8, 4) is 11.5 Å². The number of rotatable bonds is 8. The summed E-state index contributed by atoms with van der Waals surface area (Å²) < 4.78 is 12.3. The number of carbonyl (C=O) groups is 2. The Hall–Kier alpha value is -2.39. The Morgan fingerprint density at radius 2 is 1.97 bits per heavy atom. The second kappa shape index (κ2) is 11.2. The molecule has 1 aliphatic rings. The highest BCUT2D eigenvalue weighted by atomic mass is 79.9. The molecule has 0 bridgehead atoms. The molecule has 1 saturated heterocycles.